The zero-order valence-corrected chi connectivity index (χ0v) is 13.2. The first kappa shape index (κ1) is 15.9. The van der Waals surface area contributed by atoms with Crippen LogP contribution in [0.25, 0.3) is 11.0 Å². The molecule has 2 aromatic heterocycles. The average Bonchev–Trinajstić information content (AvgIpc) is 2.71. The van der Waals surface area contributed by atoms with Crippen molar-refractivity contribution in [3.8, 4) is 0 Å². The molecule has 7 nitrogen and oxygen atoms in total. The molecule has 0 aliphatic heterocycles. The summed E-state index contributed by atoms with van der Waals surface area (Å²) in [6.45, 7) is 5.79. The van der Waals surface area contributed by atoms with Gasteiger partial charge in [-0.25, -0.2) is 4.98 Å². The molecule has 0 atom stereocenters. The van der Waals surface area contributed by atoms with Gasteiger partial charge in [0.2, 0.25) is 0 Å². The molecule has 0 bridgehead atoms. The maximum atomic E-state index is 12.6. The first-order valence-corrected chi connectivity index (χ1v) is 7.10. The maximum Gasteiger partial charge on any atom is 0.323 e. The SMILES string of the molecule is Cc1nn(C)c2ncc(C(=O)N(CC(=O)O)CC(C)C)cc12. The molecule has 118 valence electrons. The molecule has 0 aromatic carbocycles. The summed E-state index contributed by atoms with van der Waals surface area (Å²) < 4.78 is 1.65. The fourth-order valence-corrected chi connectivity index (χ4v) is 2.43. The van der Waals surface area contributed by atoms with Crippen molar-refractivity contribution < 1.29 is 14.7 Å². The third-order valence-corrected chi connectivity index (χ3v) is 3.31. The van der Waals surface area contributed by atoms with Crippen molar-refractivity contribution in [3.05, 3.63) is 23.5 Å². The summed E-state index contributed by atoms with van der Waals surface area (Å²) in [5.74, 6) is -1.17. The number of carbonyl (C=O) groups excluding carboxylic acids is 1. The average molecular weight is 304 g/mol. The summed E-state index contributed by atoms with van der Waals surface area (Å²) in [6, 6.07) is 1.72. The molecule has 1 N–H and O–H groups in total. The molecular weight excluding hydrogens is 284 g/mol. The lowest BCUT2D eigenvalue weighted by atomic mass is 10.1. The molecule has 0 spiro atoms. The van der Waals surface area contributed by atoms with E-state index in [1.165, 1.54) is 11.1 Å². The topological polar surface area (TPSA) is 88.3 Å². The molecule has 7 heteroatoms. The lowest BCUT2D eigenvalue weighted by Crippen LogP contribution is -2.38. The summed E-state index contributed by atoms with van der Waals surface area (Å²) in [4.78, 5) is 29.2. The van der Waals surface area contributed by atoms with Gasteiger partial charge in [0.05, 0.1) is 11.3 Å². The predicted molar refractivity (Wildman–Crippen MR) is 81.6 cm³/mol. The number of aromatic nitrogens is 3. The number of amides is 1. The molecule has 0 aliphatic rings. The Balaban J connectivity index is 2.37. The summed E-state index contributed by atoms with van der Waals surface area (Å²) in [7, 11) is 1.79. The largest absolute Gasteiger partial charge is 0.480 e. The summed E-state index contributed by atoms with van der Waals surface area (Å²) in [5.41, 5.74) is 1.86. The Hall–Kier alpha value is -2.44. The van der Waals surface area contributed by atoms with E-state index in [2.05, 4.69) is 10.1 Å². The number of carbonyl (C=O) groups is 2. The van der Waals surface area contributed by atoms with Gasteiger partial charge < -0.3 is 10.0 Å². The number of pyridine rings is 1. The van der Waals surface area contributed by atoms with Crippen LogP contribution in [-0.4, -0.2) is 49.7 Å². The Morgan fingerprint density at radius 3 is 2.68 bits per heavy atom. The van der Waals surface area contributed by atoms with Gasteiger partial charge in [0, 0.05) is 25.2 Å². The highest BCUT2D eigenvalue weighted by molar-refractivity contribution is 5.98. The number of carboxylic acid groups (broad SMARTS) is 1. The normalized spacial score (nSPS) is 11.1. The molecule has 0 unspecified atom stereocenters. The van der Waals surface area contributed by atoms with Gasteiger partial charge in [0.1, 0.15) is 6.54 Å². The van der Waals surface area contributed by atoms with E-state index in [1.54, 1.807) is 17.8 Å². The molecule has 22 heavy (non-hydrogen) atoms. The van der Waals surface area contributed by atoms with Crippen LogP contribution in [0.4, 0.5) is 0 Å². The molecule has 0 saturated heterocycles. The van der Waals surface area contributed by atoms with E-state index >= 15 is 0 Å². The Kier molecular flexibility index (Phi) is 4.44. The van der Waals surface area contributed by atoms with E-state index in [9.17, 15) is 9.59 Å². The molecule has 0 fully saturated rings. The van der Waals surface area contributed by atoms with Crippen LogP contribution < -0.4 is 0 Å². The van der Waals surface area contributed by atoms with Crippen molar-refractivity contribution in [3.63, 3.8) is 0 Å². The van der Waals surface area contributed by atoms with Gasteiger partial charge >= 0.3 is 5.97 Å². The Labute approximate surface area is 128 Å². The number of aryl methyl sites for hydroxylation is 2. The predicted octanol–water partition coefficient (Wildman–Crippen LogP) is 1.46. The Bertz CT molecular complexity index is 721. The quantitative estimate of drug-likeness (QED) is 0.903. The Morgan fingerprint density at radius 2 is 2.09 bits per heavy atom. The minimum atomic E-state index is -1.03. The second-order valence-corrected chi connectivity index (χ2v) is 5.78. The maximum absolute atomic E-state index is 12.6. The minimum Gasteiger partial charge on any atom is -0.480 e. The molecule has 0 radical (unpaired) electrons. The number of fused-ring (bicyclic) bond motifs is 1. The lowest BCUT2D eigenvalue weighted by molar-refractivity contribution is -0.137. The van der Waals surface area contributed by atoms with Crippen molar-refractivity contribution >= 4 is 22.9 Å². The van der Waals surface area contributed by atoms with E-state index in [4.69, 9.17) is 5.11 Å². The molecule has 0 aliphatic carbocycles. The van der Waals surface area contributed by atoms with Crippen molar-refractivity contribution in [2.75, 3.05) is 13.1 Å². The summed E-state index contributed by atoms with van der Waals surface area (Å²) in [6.07, 6.45) is 1.47. The summed E-state index contributed by atoms with van der Waals surface area (Å²) >= 11 is 0. The zero-order valence-electron chi connectivity index (χ0n) is 13.2. The molecule has 2 aromatic rings. The van der Waals surface area contributed by atoms with Gasteiger partial charge in [0.15, 0.2) is 5.65 Å². The molecule has 2 heterocycles. The van der Waals surface area contributed by atoms with Crippen molar-refractivity contribution in [1.82, 2.24) is 19.7 Å². The zero-order chi connectivity index (χ0) is 16.4. The third kappa shape index (κ3) is 3.24. The van der Waals surface area contributed by atoms with Crippen molar-refractivity contribution in [2.45, 2.75) is 20.8 Å². The number of rotatable bonds is 5. The van der Waals surface area contributed by atoms with Gasteiger partial charge in [-0.15, -0.1) is 0 Å². The monoisotopic (exact) mass is 304 g/mol. The third-order valence-electron chi connectivity index (χ3n) is 3.31. The van der Waals surface area contributed by atoms with Gasteiger partial charge in [0.25, 0.3) is 5.91 Å². The van der Waals surface area contributed by atoms with Crippen LogP contribution >= 0.6 is 0 Å². The minimum absolute atomic E-state index is 0.181. The van der Waals surface area contributed by atoms with E-state index in [0.717, 1.165) is 11.1 Å². The highest BCUT2D eigenvalue weighted by atomic mass is 16.4. The van der Waals surface area contributed by atoms with Gasteiger partial charge in [-0.1, -0.05) is 13.8 Å². The number of aliphatic carboxylic acids is 1. The first-order valence-electron chi connectivity index (χ1n) is 7.10. The number of nitrogens with zero attached hydrogens (tertiary/aromatic N) is 4. The lowest BCUT2D eigenvalue weighted by Gasteiger charge is -2.22. The van der Waals surface area contributed by atoms with Crippen molar-refractivity contribution in [1.29, 1.82) is 0 Å². The highest BCUT2D eigenvalue weighted by Gasteiger charge is 2.21. The molecule has 2 rings (SSSR count). The van der Waals surface area contributed by atoms with Gasteiger partial charge in [-0.2, -0.15) is 5.10 Å². The van der Waals surface area contributed by atoms with Crippen LogP contribution in [0.3, 0.4) is 0 Å². The molecule has 0 saturated carbocycles. The van der Waals surface area contributed by atoms with Crippen LogP contribution in [0.5, 0.6) is 0 Å². The first-order chi connectivity index (χ1) is 10.3. The standard InChI is InChI=1S/C15H20N4O3/c1-9(2)7-19(8-13(20)21)15(22)11-5-12-10(3)17-18(4)14(12)16-6-11/h5-6,9H,7-8H2,1-4H3,(H,20,21). The van der Waals surface area contributed by atoms with E-state index in [-0.39, 0.29) is 18.4 Å². The fourth-order valence-electron chi connectivity index (χ4n) is 2.43. The van der Waals surface area contributed by atoms with Crippen LogP contribution in [-0.2, 0) is 11.8 Å². The molecular formula is C15H20N4O3. The number of hydrogen-bond donors (Lipinski definition) is 1. The van der Waals surface area contributed by atoms with E-state index in [0.29, 0.717) is 17.8 Å². The highest BCUT2D eigenvalue weighted by Crippen LogP contribution is 2.18. The second-order valence-electron chi connectivity index (χ2n) is 5.78. The van der Waals surface area contributed by atoms with Crippen molar-refractivity contribution in [2.24, 2.45) is 13.0 Å². The van der Waals surface area contributed by atoms with Crippen LogP contribution in [0.2, 0.25) is 0 Å². The van der Waals surface area contributed by atoms with Crippen LogP contribution in [0.15, 0.2) is 12.3 Å². The Morgan fingerprint density at radius 1 is 1.41 bits per heavy atom. The number of hydrogen-bond acceptors (Lipinski definition) is 4. The van der Waals surface area contributed by atoms with Gasteiger partial charge in [-0.05, 0) is 18.9 Å². The fraction of sp³-hybridized carbons (Fsp3) is 0.467. The van der Waals surface area contributed by atoms with Crippen LogP contribution in [0.1, 0.15) is 29.9 Å². The second kappa shape index (κ2) is 6.13. The van der Waals surface area contributed by atoms with E-state index < -0.39 is 5.97 Å². The summed E-state index contributed by atoms with van der Waals surface area (Å²) in [5, 5.41) is 14.1. The molecule has 1 amide bonds. The number of carboxylic acids is 1. The van der Waals surface area contributed by atoms with Gasteiger partial charge in [-0.3, -0.25) is 14.3 Å². The van der Waals surface area contributed by atoms with E-state index in [1.807, 2.05) is 20.8 Å². The van der Waals surface area contributed by atoms with Crippen LogP contribution in [0, 0.1) is 12.8 Å². The smallest absolute Gasteiger partial charge is 0.323 e.